The molecular formula is C14H19F2NO3. The molecule has 6 heteroatoms. The number of halogens is 2. The molecule has 20 heavy (non-hydrogen) atoms. The molecular weight excluding hydrogens is 268 g/mol. The standard InChI is InChI=1S/C14H19F2NO3/c1-3-7-17-12(14(18)19-2)6-8-20-13-5-4-10(15)9-11(13)16/h4-5,9,12,17H,3,6-8H2,1-2H3. The number of benzene rings is 1. The van der Waals surface area contributed by atoms with Crippen molar-refractivity contribution in [2.45, 2.75) is 25.8 Å². The van der Waals surface area contributed by atoms with E-state index in [-0.39, 0.29) is 18.3 Å². The van der Waals surface area contributed by atoms with Crippen molar-refractivity contribution in [1.82, 2.24) is 5.32 Å². The van der Waals surface area contributed by atoms with Crippen LogP contribution in [0.2, 0.25) is 0 Å². The monoisotopic (exact) mass is 287 g/mol. The second-order valence-electron chi connectivity index (χ2n) is 4.24. The summed E-state index contributed by atoms with van der Waals surface area (Å²) in [5, 5.41) is 3.02. The van der Waals surface area contributed by atoms with E-state index < -0.39 is 17.7 Å². The smallest absolute Gasteiger partial charge is 0.322 e. The Morgan fingerprint density at radius 3 is 2.75 bits per heavy atom. The number of methoxy groups -OCH3 is 1. The zero-order valence-corrected chi connectivity index (χ0v) is 11.6. The van der Waals surface area contributed by atoms with Crippen LogP contribution in [0.5, 0.6) is 5.75 Å². The van der Waals surface area contributed by atoms with Gasteiger partial charge in [-0.15, -0.1) is 0 Å². The lowest BCUT2D eigenvalue weighted by Gasteiger charge is -2.16. The fraction of sp³-hybridized carbons (Fsp3) is 0.500. The summed E-state index contributed by atoms with van der Waals surface area (Å²) in [6.45, 7) is 2.77. The summed E-state index contributed by atoms with van der Waals surface area (Å²) in [7, 11) is 1.31. The van der Waals surface area contributed by atoms with E-state index in [1.807, 2.05) is 6.92 Å². The Bertz CT molecular complexity index is 440. The zero-order valence-electron chi connectivity index (χ0n) is 11.6. The number of nitrogens with one attached hydrogen (secondary N) is 1. The Balaban J connectivity index is 2.48. The highest BCUT2D eigenvalue weighted by Crippen LogP contribution is 2.17. The lowest BCUT2D eigenvalue weighted by atomic mass is 10.2. The van der Waals surface area contributed by atoms with Crippen molar-refractivity contribution in [3.05, 3.63) is 29.8 Å². The number of esters is 1. The van der Waals surface area contributed by atoms with E-state index in [0.29, 0.717) is 13.0 Å². The van der Waals surface area contributed by atoms with Gasteiger partial charge in [0.05, 0.1) is 13.7 Å². The Labute approximate surface area is 117 Å². The summed E-state index contributed by atoms with van der Waals surface area (Å²) in [5.74, 6) is -1.85. The predicted octanol–water partition coefficient (Wildman–Crippen LogP) is 2.27. The molecule has 0 heterocycles. The molecule has 0 aliphatic carbocycles. The highest BCUT2D eigenvalue weighted by atomic mass is 19.1. The van der Waals surface area contributed by atoms with Crippen molar-refractivity contribution in [1.29, 1.82) is 0 Å². The quantitative estimate of drug-likeness (QED) is 0.745. The Hall–Kier alpha value is -1.69. The van der Waals surface area contributed by atoms with Crippen molar-refractivity contribution < 1.29 is 23.0 Å². The van der Waals surface area contributed by atoms with E-state index >= 15 is 0 Å². The number of carbonyl (C=O) groups excluding carboxylic acids is 1. The van der Waals surface area contributed by atoms with Crippen LogP contribution in [-0.2, 0) is 9.53 Å². The minimum absolute atomic E-state index is 0.0366. The molecule has 0 radical (unpaired) electrons. The fourth-order valence-electron chi connectivity index (χ4n) is 1.64. The van der Waals surface area contributed by atoms with Crippen LogP contribution in [0.3, 0.4) is 0 Å². The second kappa shape index (κ2) is 8.47. The van der Waals surface area contributed by atoms with E-state index in [1.54, 1.807) is 0 Å². The number of hydrogen-bond acceptors (Lipinski definition) is 4. The van der Waals surface area contributed by atoms with Gasteiger partial charge >= 0.3 is 5.97 Å². The molecule has 0 saturated heterocycles. The molecule has 0 aliphatic heterocycles. The topological polar surface area (TPSA) is 47.6 Å². The lowest BCUT2D eigenvalue weighted by molar-refractivity contribution is -0.143. The van der Waals surface area contributed by atoms with Crippen molar-refractivity contribution in [2.24, 2.45) is 0 Å². The maximum atomic E-state index is 13.3. The number of ether oxygens (including phenoxy) is 2. The van der Waals surface area contributed by atoms with Gasteiger partial charge in [-0.25, -0.2) is 8.78 Å². The third kappa shape index (κ3) is 5.13. The van der Waals surface area contributed by atoms with Crippen LogP contribution in [0.4, 0.5) is 8.78 Å². The predicted molar refractivity (Wildman–Crippen MR) is 70.6 cm³/mol. The Kier molecular flexibility index (Phi) is 6.93. The van der Waals surface area contributed by atoms with Gasteiger partial charge in [-0.2, -0.15) is 0 Å². The minimum Gasteiger partial charge on any atom is -0.490 e. The molecule has 4 nitrogen and oxygen atoms in total. The molecule has 1 aromatic carbocycles. The van der Waals surface area contributed by atoms with Gasteiger partial charge in [0.1, 0.15) is 11.9 Å². The second-order valence-corrected chi connectivity index (χ2v) is 4.24. The largest absolute Gasteiger partial charge is 0.490 e. The van der Waals surface area contributed by atoms with Gasteiger partial charge in [-0.1, -0.05) is 6.92 Å². The zero-order chi connectivity index (χ0) is 15.0. The highest BCUT2D eigenvalue weighted by Gasteiger charge is 2.18. The Morgan fingerprint density at radius 1 is 1.40 bits per heavy atom. The van der Waals surface area contributed by atoms with E-state index in [2.05, 4.69) is 10.1 Å². The average molecular weight is 287 g/mol. The van der Waals surface area contributed by atoms with Gasteiger partial charge in [-0.05, 0) is 25.1 Å². The maximum Gasteiger partial charge on any atom is 0.322 e. The molecule has 1 aromatic rings. The molecule has 1 N–H and O–H groups in total. The molecule has 0 spiro atoms. The molecule has 1 rings (SSSR count). The molecule has 0 bridgehead atoms. The summed E-state index contributed by atoms with van der Waals surface area (Å²) in [6, 6.07) is 2.59. The molecule has 1 atom stereocenters. The number of carbonyl (C=O) groups is 1. The van der Waals surface area contributed by atoms with Crippen molar-refractivity contribution in [3.8, 4) is 5.75 Å². The van der Waals surface area contributed by atoms with Crippen LogP contribution in [0.15, 0.2) is 18.2 Å². The molecule has 0 aliphatic rings. The first kappa shape index (κ1) is 16.4. The van der Waals surface area contributed by atoms with E-state index in [9.17, 15) is 13.6 Å². The van der Waals surface area contributed by atoms with Crippen LogP contribution < -0.4 is 10.1 Å². The van der Waals surface area contributed by atoms with E-state index in [4.69, 9.17) is 4.74 Å². The van der Waals surface area contributed by atoms with Crippen LogP contribution in [0.1, 0.15) is 19.8 Å². The summed E-state index contributed by atoms with van der Waals surface area (Å²) >= 11 is 0. The number of hydrogen-bond donors (Lipinski definition) is 1. The lowest BCUT2D eigenvalue weighted by Crippen LogP contribution is -2.39. The van der Waals surface area contributed by atoms with Crippen LogP contribution in [0, 0.1) is 11.6 Å². The normalized spacial score (nSPS) is 12.0. The van der Waals surface area contributed by atoms with Crippen molar-refractivity contribution >= 4 is 5.97 Å². The average Bonchev–Trinajstić information content (AvgIpc) is 2.43. The van der Waals surface area contributed by atoms with Gasteiger partial charge < -0.3 is 14.8 Å². The fourth-order valence-corrected chi connectivity index (χ4v) is 1.64. The first-order chi connectivity index (χ1) is 9.58. The summed E-state index contributed by atoms with van der Waals surface area (Å²) in [6.07, 6.45) is 1.21. The van der Waals surface area contributed by atoms with Crippen molar-refractivity contribution in [3.63, 3.8) is 0 Å². The van der Waals surface area contributed by atoms with Gasteiger partial charge in [-0.3, -0.25) is 4.79 Å². The molecule has 0 amide bonds. The molecule has 0 fully saturated rings. The third-order valence-electron chi connectivity index (χ3n) is 2.68. The molecule has 1 unspecified atom stereocenters. The summed E-state index contributed by atoms with van der Waals surface area (Å²) in [5.41, 5.74) is 0. The molecule has 0 saturated carbocycles. The van der Waals surface area contributed by atoms with Crippen molar-refractivity contribution in [2.75, 3.05) is 20.3 Å². The number of rotatable bonds is 8. The van der Waals surface area contributed by atoms with Gasteiger partial charge in [0.15, 0.2) is 11.6 Å². The van der Waals surface area contributed by atoms with Gasteiger partial charge in [0.25, 0.3) is 0 Å². The van der Waals surface area contributed by atoms with Gasteiger partial charge in [0.2, 0.25) is 0 Å². The van der Waals surface area contributed by atoms with E-state index in [1.165, 1.54) is 13.2 Å². The minimum atomic E-state index is -0.763. The maximum absolute atomic E-state index is 13.3. The van der Waals surface area contributed by atoms with Gasteiger partial charge in [0, 0.05) is 12.5 Å². The van der Waals surface area contributed by atoms with Crippen LogP contribution in [0.25, 0.3) is 0 Å². The first-order valence-corrected chi connectivity index (χ1v) is 6.47. The molecule has 0 aromatic heterocycles. The Morgan fingerprint density at radius 2 is 2.15 bits per heavy atom. The SMILES string of the molecule is CCCNC(CCOc1ccc(F)cc1F)C(=O)OC. The van der Waals surface area contributed by atoms with E-state index in [0.717, 1.165) is 18.6 Å². The van der Waals surface area contributed by atoms with Crippen LogP contribution in [-0.4, -0.2) is 32.3 Å². The van der Waals surface area contributed by atoms with Crippen LogP contribution >= 0.6 is 0 Å². The molecule has 112 valence electrons. The summed E-state index contributed by atoms with van der Waals surface area (Å²) < 4.78 is 35.9. The third-order valence-corrected chi connectivity index (χ3v) is 2.68. The first-order valence-electron chi connectivity index (χ1n) is 6.47. The highest BCUT2D eigenvalue weighted by molar-refractivity contribution is 5.75. The summed E-state index contributed by atoms with van der Waals surface area (Å²) in [4.78, 5) is 11.5.